The van der Waals surface area contributed by atoms with E-state index in [0.717, 1.165) is 16.1 Å². The summed E-state index contributed by atoms with van der Waals surface area (Å²) >= 11 is 7.70. The van der Waals surface area contributed by atoms with Crippen molar-refractivity contribution < 1.29 is 0 Å². The molecule has 0 saturated heterocycles. The summed E-state index contributed by atoms with van der Waals surface area (Å²) in [6.07, 6.45) is 0. The van der Waals surface area contributed by atoms with Gasteiger partial charge >= 0.3 is 0 Å². The van der Waals surface area contributed by atoms with Crippen molar-refractivity contribution in [2.75, 3.05) is 0 Å². The molecule has 0 radical (unpaired) electrons. The lowest BCUT2D eigenvalue weighted by molar-refractivity contribution is 0.807. The average Bonchev–Trinajstić information content (AvgIpc) is 3.09. The van der Waals surface area contributed by atoms with E-state index in [-0.39, 0.29) is 0 Å². The Morgan fingerprint density at radius 1 is 1.35 bits per heavy atom. The third-order valence-corrected chi connectivity index (χ3v) is 4.21. The Bertz CT molecular complexity index is 799. The number of hydrogen-bond acceptors (Lipinski definition) is 4. The summed E-state index contributed by atoms with van der Waals surface area (Å²) < 4.78 is 1.65. The highest BCUT2D eigenvalue weighted by Crippen LogP contribution is 2.29. The predicted molar refractivity (Wildman–Crippen MR) is 79.1 cm³/mol. The van der Waals surface area contributed by atoms with Crippen LogP contribution in [0.15, 0.2) is 35.7 Å². The Morgan fingerprint density at radius 2 is 2.20 bits per heavy atom. The van der Waals surface area contributed by atoms with Gasteiger partial charge in [-0.15, -0.1) is 16.4 Å². The van der Waals surface area contributed by atoms with E-state index in [1.165, 1.54) is 0 Å². The van der Waals surface area contributed by atoms with Crippen molar-refractivity contribution in [3.8, 4) is 22.3 Å². The first-order valence-corrected chi connectivity index (χ1v) is 7.12. The maximum Gasteiger partial charge on any atom is 0.191 e. The van der Waals surface area contributed by atoms with E-state index in [2.05, 4.69) is 16.4 Å². The van der Waals surface area contributed by atoms with Crippen molar-refractivity contribution in [3.05, 3.63) is 52.0 Å². The monoisotopic (exact) mass is 300 g/mol. The van der Waals surface area contributed by atoms with Gasteiger partial charge in [0.2, 0.25) is 0 Å². The highest BCUT2D eigenvalue weighted by Gasteiger charge is 2.17. The van der Waals surface area contributed by atoms with Gasteiger partial charge in [0.1, 0.15) is 11.8 Å². The molecule has 6 heteroatoms. The minimum absolute atomic E-state index is 0.309. The number of aromatic nitrogens is 3. The third kappa shape index (κ3) is 2.09. The zero-order chi connectivity index (χ0) is 14.1. The lowest BCUT2D eigenvalue weighted by Crippen LogP contribution is -1.99. The lowest BCUT2D eigenvalue weighted by Gasteiger charge is -2.06. The van der Waals surface area contributed by atoms with Gasteiger partial charge in [0, 0.05) is 5.02 Å². The van der Waals surface area contributed by atoms with Crippen molar-refractivity contribution in [1.29, 1.82) is 5.26 Å². The summed E-state index contributed by atoms with van der Waals surface area (Å²) in [4.78, 5) is 0.947. The van der Waals surface area contributed by atoms with E-state index in [9.17, 15) is 5.26 Å². The minimum atomic E-state index is 0.309. The largest absolute Gasteiger partial charge is 0.211 e. The number of hydrogen-bond donors (Lipinski definition) is 0. The van der Waals surface area contributed by atoms with Crippen molar-refractivity contribution >= 4 is 22.9 Å². The molecular formula is C14H9ClN4S. The molecule has 0 N–H and O–H groups in total. The molecule has 0 spiro atoms. The lowest BCUT2D eigenvalue weighted by atomic mass is 10.2. The summed E-state index contributed by atoms with van der Waals surface area (Å²) in [5.74, 6) is 0. The molecule has 3 aromatic rings. The fourth-order valence-corrected chi connectivity index (χ4v) is 2.82. The van der Waals surface area contributed by atoms with Crippen LogP contribution in [0.2, 0.25) is 5.02 Å². The first kappa shape index (κ1) is 12.9. The summed E-state index contributed by atoms with van der Waals surface area (Å²) in [6.45, 7) is 1.94. The Kier molecular flexibility index (Phi) is 3.26. The number of nitriles is 1. The van der Waals surface area contributed by atoms with Crippen LogP contribution in [0.3, 0.4) is 0 Å². The van der Waals surface area contributed by atoms with Crippen molar-refractivity contribution in [3.63, 3.8) is 0 Å². The Morgan fingerprint density at radius 3 is 2.85 bits per heavy atom. The molecule has 1 aromatic carbocycles. The normalized spacial score (nSPS) is 10.4. The quantitative estimate of drug-likeness (QED) is 0.722. The molecule has 0 aliphatic heterocycles. The number of rotatable bonds is 2. The van der Waals surface area contributed by atoms with Crippen LogP contribution in [0.25, 0.3) is 16.3 Å². The van der Waals surface area contributed by atoms with Crippen LogP contribution < -0.4 is 0 Å². The maximum atomic E-state index is 9.19. The molecule has 0 unspecified atom stereocenters. The molecule has 0 fully saturated rings. The second-order valence-electron chi connectivity index (χ2n) is 4.22. The summed E-state index contributed by atoms with van der Waals surface area (Å²) in [7, 11) is 0. The van der Waals surface area contributed by atoms with Crippen LogP contribution in [0.4, 0.5) is 0 Å². The van der Waals surface area contributed by atoms with Crippen LogP contribution in [0.5, 0.6) is 0 Å². The van der Waals surface area contributed by atoms with Crippen molar-refractivity contribution in [2.45, 2.75) is 6.92 Å². The standard InChI is InChI=1S/C14H9ClN4S/c1-9-4-5-10(7-11(9)15)19-14(12(8-16)17-18-19)13-3-2-6-20-13/h2-7H,1H3. The molecule has 0 atom stereocenters. The van der Waals surface area contributed by atoms with Gasteiger partial charge in [0.15, 0.2) is 5.69 Å². The molecule has 4 nitrogen and oxygen atoms in total. The molecule has 20 heavy (non-hydrogen) atoms. The number of nitrogens with zero attached hydrogens (tertiary/aromatic N) is 4. The first-order valence-electron chi connectivity index (χ1n) is 5.87. The van der Waals surface area contributed by atoms with Gasteiger partial charge < -0.3 is 0 Å². The van der Waals surface area contributed by atoms with Crippen molar-refractivity contribution in [1.82, 2.24) is 15.0 Å². The second kappa shape index (κ2) is 5.08. The van der Waals surface area contributed by atoms with E-state index in [1.54, 1.807) is 16.0 Å². The molecule has 0 aliphatic rings. The van der Waals surface area contributed by atoms with E-state index in [0.29, 0.717) is 16.4 Å². The van der Waals surface area contributed by atoms with Gasteiger partial charge in [-0.2, -0.15) is 5.26 Å². The van der Waals surface area contributed by atoms with Crippen LogP contribution in [-0.2, 0) is 0 Å². The molecule has 2 heterocycles. The smallest absolute Gasteiger partial charge is 0.191 e. The SMILES string of the molecule is Cc1ccc(-n2nnc(C#N)c2-c2cccs2)cc1Cl. The second-order valence-corrected chi connectivity index (χ2v) is 5.58. The van der Waals surface area contributed by atoms with Crippen molar-refractivity contribution in [2.24, 2.45) is 0 Å². The Hall–Kier alpha value is -2.16. The fourth-order valence-electron chi connectivity index (χ4n) is 1.89. The van der Waals surface area contributed by atoms with Crippen LogP contribution >= 0.6 is 22.9 Å². The van der Waals surface area contributed by atoms with Crippen LogP contribution in [-0.4, -0.2) is 15.0 Å². The van der Waals surface area contributed by atoms with Gasteiger partial charge in [-0.25, -0.2) is 4.68 Å². The summed E-state index contributed by atoms with van der Waals surface area (Å²) in [6, 6.07) is 11.6. The number of aryl methyl sites for hydroxylation is 1. The summed E-state index contributed by atoms with van der Waals surface area (Å²) in [5, 5.41) is 19.8. The number of halogens is 1. The van der Waals surface area contributed by atoms with Gasteiger partial charge in [-0.3, -0.25) is 0 Å². The Labute approximate surface area is 124 Å². The van der Waals surface area contributed by atoms with E-state index < -0.39 is 0 Å². The molecular weight excluding hydrogens is 292 g/mol. The molecule has 98 valence electrons. The molecule has 0 bridgehead atoms. The van der Waals surface area contributed by atoms with E-state index in [4.69, 9.17) is 11.6 Å². The van der Waals surface area contributed by atoms with Crippen LogP contribution in [0.1, 0.15) is 11.3 Å². The maximum absolute atomic E-state index is 9.19. The average molecular weight is 301 g/mol. The molecule has 0 amide bonds. The molecule has 0 saturated carbocycles. The highest BCUT2D eigenvalue weighted by atomic mass is 35.5. The minimum Gasteiger partial charge on any atom is -0.211 e. The van der Waals surface area contributed by atoms with Gasteiger partial charge in [0.05, 0.1) is 10.6 Å². The Balaban J connectivity index is 2.22. The third-order valence-electron chi connectivity index (χ3n) is 2.93. The van der Waals surface area contributed by atoms with Gasteiger partial charge in [-0.1, -0.05) is 28.9 Å². The molecule has 0 aliphatic carbocycles. The summed E-state index contributed by atoms with van der Waals surface area (Å²) in [5.41, 5.74) is 2.79. The number of benzene rings is 1. The van der Waals surface area contributed by atoms with Crippen LogP contribution in [0, 0.1) is 18.3 Å². The topological polar surface area (TPSA) is 54.5 Å². The molecule has 2 aromatic heterocycles. The zero-order valence-electron chi connectivity index (χ0n) is 10.5. The van der Waals surface area contributed by atoms with Gasteiger partial charge in [-0.05, 0) is 36.1 Å². The van der Waals surface area contributed by atoms with Gasteiger partial charge in [0.25, 0.3) is 0 Å². The molecule has 3 rings (SSSR count). The zero-order valence-corrected chi connectivity index (χ0v) is 12.1. The predicted octanol–water partition coefficient (Wildman–Crippen LogP) is 3.83. The first-order chi connectivity index (χ1) is 9.70. The van der Waals surface area contributed by atoms with E-state index >= 15 is 0 Å². The number of thiophene rings is 1. The van der Waals surface area contributed by atoms with E-state index in [1.807, 2.05) is 42.6 Å². The highest BCUT2D eigenvalue weighted by molar-refractivity contribution is 7.13. The fraction of sp³-hybridized carbons (Fsp3) is 0.0714.